The topological polar surface area (TPSA) is 73.8 Å². The molecule has 0 atom stereocenters. The molecule has 0 aliphatic carbocycles. The molecule has 0 saturated heterocycles. The molecule has 0 aliphatic rings. The van der Waals surface area contributed by atoms with Gasteiger partial charge in [0.2, 0.25) is 0 Å². The molecule has 2 aromatic heterocycles. The Morgan fingerprint density at radius 1 is 1.64 bits per heavy atom. The van der Waals surface area contributed by atoms with Crippen LogP contribution < -0.4 is 0 Å². The van der Waals surface area contributed by atoms with Crippen LogP contribution in [-0.2, 0) is 0 Å². The molecule has 2 aromatic rings. The van der Waals surface area contributed by atoms with Crippen molar-refractivity contribution in [3.05, 3.63) is 32.9 Å². The van der Waals surface area contributed by atoms with Crippen LogP contribution in [0.15, 0.2) is 17.8 Å². The minimum Gasteiger partial charge on any atom is -0.258 e. The van der Waals surface area contributed by atoms with Crippen molar-refractivity contribution < 1.29 is 4.92 Å². The summed E-state index contributed by atoms with van der Waals surface area (Å²) in [6.45, 7) is 1.87. The van der Waals surface area contributed by atoms with Gasteiger partial charge in [-0.2, -0.15) is 5.10 Å². The van der Waals surface area contributed by atoms with Gasteiger partial charge in [-0.15, -0.1) is 11.3 Å². The lowest BCUT2D eigenvalue weighted by atomic mass is 10.6. The Bertz CT molecular complexity index is 475. The van der Waals surface area contributed by atoms with Gasteiger partial charge < -0.3 is 0 Å². The normalized spacial score (nSPS) is 10.4. The van der Waals surface area contributed by atoms with E-state index in [-0.39, 0.29) is 5.69 Å². The Kier molecular flexibility index (Phi) is 2.01. The fourth-order valence-electron chi connectivity index (χ4n) is 0.990. The number of aryl methyl sites for hydroxylation is 1. The molecule has 0 saturated carbocycles. The summed E-state index contributed by atoms with van der Waals surface area (Å²) in [7, 11) is 0. The summed E-state index contributed by atoms with van der Waals surface area (Å²) in [5.74, 6) is 0.612. The number of nitro groups is 1. The molecule has 0 aliphatic heterocycles. The van der Waals surface area contributed by atoms with Crippen LogP contribution in [0.25, 0.3) is 5.82 Å². The molecule has 72 valence electrons. The molecule has 0 unspecified atom stereocenters. The van der Waals surface area contributed by atoms with Crippen LogP contribution in [0.2, 0.25) is 0 Å². The average molecular weight is 210 g/mol. The van der Waals surface area contributed by atoms with Crippen LogP contribution in [0.4, 0.5) is 5.69 Å². The van der Waals surface area contributed by atoms with Crippen molar-refractivity contribution in [1.29, 1.82) is 0 Å². The largest absolute Gasteiger partial charge is 0.307 e. The first-order chi connectivity index (χ1) is 6.66. The summed E-state index contributed by atoms with van der Waals surface area (Å²) in [5.41, 5.74) is -0.0318. The van der Waals surface area contributed by atoms with Crippen LogP contribution >= 0.6 is 11.3 Å². The summed E-state index contributed by atoms with van der Waals surface area (Å²) in [6, 6.07) is 0. The molecule has 14 heavy (non-hydrogen) atoms. The van der Waals surface area contributed by atoms with Crippen LogP contribution in [0.3, 0.4) is 0 Å². The second-order valence-electron chi connectivity index (χ2n) is 2.62. The molecule has 6 nitrogen and oxygen atoms in total. The van der Waals surface area contributed by atoms with Gasteiger partial charge in [0.05, 0.1) is 9.93 Å². The van der Waals surface area contributed by atoms with Crippen LogP contribution in [0.1, 0.15) is 5.01 Å². The Balaban J connectivity index is 2.38. The molecule has 0 N–H and O–H groups in total. The SMILES string of the molecule is Cc1nc(-n2cc([N+](=O)[O-])cn2)cs1. The highest BCUT2D eigenvalue weighted by atomic mass is 32.1. The maximum atomic E-state index is 10.4. The third kappa shape index (κ3) is 1.49. The lowest BCUT2D eigenvalue weighted by molar-refractivity contribution is -0.384. The van der Waals surface area contributed by atoms with E-state index in [0.717, 1.165) is 5.01 Å². The fourth-order valence-corrected chi connectivity index (χ4v) is 1.57. The van der Waals surface area contributed by atoms with Gasteiger partial charge in [0, 0.05) is 5.38 Å². The Morgan fingerprint density at radius 3 is 2.93 bits per heavy atom. The van der Waals surface area contributed by atoms with E-state index in [2.05, 4.69) is 10.1 Å². The first-order valence-electron chi connectivity index (χ1n) is 3.78. The number of thiazole rings is 1. The molecule has 0 aromatic carbocycles. The minimum atomic E-state index is -0.483. The zero-order valence-corrected chi connectivity index (χ0v) is 8.06. The predicted molar refractivity (Wildman–Crippen MR) is 50.6 cm³/mol. The van der Waals surface area contributed by atoms with Crippen molar-refractivity contribution in [3.8, 4) is 5.82 Å². The van der Waals surface area contributed by atoms with Crippen LogP contribution in [-0.4, -0.2) is 19.7 Å². The van der Waals surface area contributed by atoms with Gasteiger partial charge >= 0.3 is 5.69 Å². The molecule has 2 heterocycles. The molecule has 0 amide bonds. The Morgan fingerprint density at radius 2 is 2.43 bits per heavy atom. The second-order valence-corrected chi connectivity index (χ2v) is 3.69. The van der Waals surface area contributed by atoms with Crippen molar-refractivity contribution in [1.82, 2.24) is 14.8 Å². The molecular formula is C7H6N4O2S. The monoisotopic (exact) mass is 210 g/mol. The molecule has 2 rings (SSSR count). The van der Waals surface area contributed by atoms with Gasteiger partial charge in [0.15, 0.2) is 5.82 Å². The van der Waals surface area contributed by atoms with Gasteiger partial charge in [0.1, 0.15) is 12.4 Å². The van der Waals surface area contributed by atoms with Crippen LogP contribution in [0, 0.1) is 17.0 Å². The maximum Gasteiger partial charge on any atom is 0.307 e. The molecule has 0 fully saturated rings. The smallest absolute Gasteiger partial charge is 0.258 e. The second kappa shape index (κ2) is 3.18. The number of hydrogen-bond donors (Lipinski definition) is 0. The number of aromatic nitrogens is 3. The van der Waals surface area contributed by atoms with E-state index >= 15 is 0 Å². The third-order valence-corrected chi connectivity index (χ3v) is 2.38. The minimum absolute atomic E-state index is 0.0318. The van der Waals surface area contributed by atoms with Crippen molar-refractivity contribution in [2.24, 2.45) is 0 Å². The molecule has 0 bridgehead atoms. The third-order valence-electron chi connectivity index (χ3n) is 1.62. The molecule has 0 spiro atoms. The average Bonchev–Trinajstić information content (AvgIpc) is 2.70. The van der Waals surface area contributed by atoms with E-state index in [9.17, 15) is 10.1 Å². The first-order valence-corrected chi connectivity index (χ1v) is 4.66. The van der Waals surface area contributed by atoms with Gasteiger partial charge in [-0.05, 0) is 6.92 Å². The maximum absolute atomic E-state index is 10.4. The standard InChI is InChI=1S/C7H6N4O2S/c1-5-9-7(4-14-5)10-3-6(2-8-10)11(12)13/h2-4H,1H3. The van der Waals surface area contributed by atoms with Crippen molar-refractivity contribution >= 4 is 17.0 Å². The number of hydrogen-bond acceptors (Lipinski definition) is 5. The Labute approximate surface area is 83.0 Å². The summed E-state index contributed by atoms with van der Waals surface area (Å²) >= 11 is 1.48. The van der Waals surface area contributed by atoms with E-state index in [4.69, 9.17) is 0 Å². The molecule has 7 heteroatoms. The summed E-state index contributed by atoms with van der Waals surface area (Å²) in [4.78, 5) is 14.1. The highest BCUT2D eigenvalue weighted by Crippen LogP contribution is 2.15. The van der Waals surface area contributed by atoms with Crippen molar-refractivity contribution in [2.45, 2.75) is 6.92 Å². The number of nitrogens with zero attached hydrogens (tertiary/aromatic N) is 4. The zero-order chi connectivity index (χ0) is 10.1. The van der Waals surface area contributed by atoms with E-state index in [1.54, 1.807) is 5.38 Å². The molecule has 0 radical (unpaired) electrons. The quantitative estimate of drug-likeness (QED) is 0.556. The summed E-state index contributed by atoms with van der Waals surface area (Å²) < 4.78 is 1.39. The Hall–Kier alpha value is -1.76. The van der Waals surface area contributed by atoms with Crippen molar-refractivity contribution in [3.63, 3.8) is 0 Å². The lowest BCUT2D eigenvalue weighted by Gasteiger charge is -1.90. The summed E-state index contributed by atoms with van der Waals surface area (Å²) in [6.07, 6.45) is 2.54. The molecular weight excluding hydrogens is 204 g/mol. The first kappa shape index (κ1) is 8.82. The van der Waals surface area contributed by atoms with Gasteiger partial charge in [-0.1, -0.05) is 0 Å². The lowest BCUT2D eigenvalue weighted by Crippen LogP contribution is -1.94. The zero-order valence-electron chi connectivity index (χ0n) is 7.25. The predicted octanol–water partition coefficient (Wildman–Crippen LogP) is 1.55. The number of rotatable bonds is 2. The van der Waals surface area contributed by atoms with E-state index in [1.165, 1.54) is 28.4 Å². The van der Waals surface area contributed by atoms with E-state index in [1.807, 2.05) is 6.92 Å². The van der Waals surface area contributed by atoms with Gasteiger partial charge in [0.25, 0.3) is 0 Å². The van der Waals surface area contributed by atoms with E-state index < -0.39 is 4.92 Å². The van der Waals surface area contributed by atoms with Gasteiger partial charge in [-0.25, -0.2) is 9.67 Å². The van der Waals surface area contributed by atoms with Gasteiger partial charge in [-0.3, -0.25) is 10.1 Å². The highest BCUT2D eigenvalue weighted by Gasteiger charge is 2.10. The van der Waals surface area contributed by atoms with E-state index in [0.29, 0.717) is 5.82 Å². The fraction of sp³-hybridized carbons (Fsp3) is 0.143. The van der Waals surface area contributed by atoms with Crippen molar-refractivity contribution in [2.75, 3.05) is 0 Å². The summed E-state index contributed by atoms with van der Waals surface area (Å²) in [5, 5.41) is 16.9. The highest BCUT2D eigenvalue weighted by molar-refractivity contribution is 7.09. The van der Waals surface area contributed by atoms with Crippen LogP contribution in [0.5, 0.6) is 0 Å².